The van der Waals surface area contributed by atoms with Gasteiger partial charge in [0.05, 0.1) is 17.1 Å². The van der Waals surface area contributed by atoms with E-state index in [1.165, 1.54) is 18.6 Å². The van der Waals surface area contributed by atoms with E-state index < -0.39 is 11.0 Å². The number of aliphatic hydroxyl groups is 1. The van der Waals surface area contributed by atoms with Crippen LogP contribution in [0.15, 0.2) is 18.2 Å². The third-order valence-electron chi connectivity index (χ3n) is 4.26. The molecule has 1 aliphatic carbocycles. The maximum Gasteiger partial charge on any atom is 0.270 e. The Labute approximate surface area is 125 Å². The summed E-state index contributed by atoms with van der Waals surface area (Å²) in [5.41, 5.74) is 0.469. The third kappa shape index (κ3) is 3.94. The molecule has 1 aliphatic rings. The predicted molar refractivity (Wildman–Crippen MR) is 80.4 cm³/mol. The molecule has 0 aromatic heterocycles. The molecule has 0 saturated heterocycles. The van der Waals surface area contributed by atoms with Crippen molar-refractivity contribution in [1.82, 2.24) is 0 Å². The first-order valence-electron chi connectivity index (χ1n) is 7.64. The summed E-state index contributed by atoms with van der Waals surface area (Å²) in [6, 6.07) is 4.44. The van der Waals surface area contributed by atoms with Crippen molar-refractivity contribution in [2.24, 2.45) is 5.92 Å². The lowest BCUT2D eigenvalue weighted by Gasteiger charge is -2.29. The summed E-state index contributed by atoms with van der Waals surface area (Å²) in [4.78, 5) is 10.4. The number of hydrogen-bond donors (Lipinski definition) is 1. The van der Waals surface area contributed by atoms with Gasteiger partial charge in [-0.25, -0.2) is 0 Å². The Morgan fingerprint density at radius 2 is 2.24 bits per heavy atom. The highest BCUT2D eigenvalue weighted by Gasteiger charge is 2.24. The SMILES string of the molecule is CCC1CCCC(Oc2ccc([N+](=O)[O-])cc2[C@@H](C)O)C1. The lowest BCUT2D eigenvalue weighted by molar-refractivity contribution is -0.385. The van der Waals surface area contributed by atoms with Crippen LogP contribution in [0.4, 0.5) is 5.69 Å². The minimum atomic E-state index is -0.787. The summed E-state index contributed by atoms with van der Waals surface area (Å²) < 4.78 is 6.03. The smallest absolute Gasteiger partial charge is 0.270 e. The molecule has 0 amide bonds. The van der Waals surface area contributed by atoms with E-state index in [1.807, 2.05) is 0 Å². The monoisotopic (exact) mass is 293 g/mol. The Kier molecular flexibility index (Phi) is 5.17. The minimum Gasteiger partial charge on any atom is -0.490 e. The van der Waals surface area contributed by atoms with Gasteiger partial charge in [-0.2, -0.15) is 0 Å². The maximum atomic E-state index is 10.8. The Bertz CT molecular complexity index is 501. The normalized spacial score (nSPS) is 23.6. The van der Waals surface area contributed by atoms with E-state index >= 15 is 0 Å². The highest BCUT2D eigenvalue weighted by molar-refractivity contribution is 5.44. The van der Waals surface area contributed by atoms with Crippen molar-refractivity contribution in [3.05, 3.63) is 33.9 Å². The zero-order valence-corrected chi connectivity index (χ0v) is 12.6. The summed E-state index contributed by atoms with van der Waals surface area (Å²) in [6.07, 6.45) is 4.94. The molecule has 1 fully saturated rings. The first kappa shape index (κ1) is 15.8. The molecule has 21 heavy (non-hydrogen) atoms. The average molecular weight is 293 g/mol. The fraction of sp³-hybridized carbons (Fsp3) is 0.625. The van der Waals surface area contributed by atoms with E-state index in [9.17, 15) is 15.2 Å². The van der Waals surface area contributed by atoms with Crippen molar-refractivity contribution in [1.29, 1.82) is 0 Å². The maximum absolute atomic E-state index is 10.8. The molecule has 0 aliphatic heterocycles. The van der Waals surface area contributed by atoms with Gasteiger partial charge in [0.15, 0.2) is 0 Å². The second-order valence-corrected chi connectivity index (χ2v) is 5.84. The Hall–Kier alpha value is -1.62. The van der Waals surface area contributed by atoms with Crippen LogP contribution >= 0.6 is 0 Å². The van der Waals surface area contributed by atoms with Crippen LogP contribution in [0.25, 0.3) is 0 Å². The van der Waals surface area contributed by atoms with Gasteiger partial charge in [-0.05, 0) is 38.2 Å². The van der Waals surface area contributed by atoms with Crippen molar-refractivity contribution >= 4 is 5.69 Å². The predicted octanol–water partition coefficient (Wildman–Crippen LogP) is 4.00. The van der Waals surface area contributed by atoms with Crippen molar-refractivity contribution in [3.63, 3.8) is 0 Å². The number of rotatable bonds is 5. The molecule has 2 unspecified atom stereocenters. The molecular formula is C16H23NO4. The molecular weight excluding hydrogens is 270 g/mol. The van der Waals surface area contributed by atoms with Gasteiger partial charge in [0.2, 0.25) is 0 Å². The van der Waals surface area contributed by atoms with Crippen LogP contribution < -0.4 is 4.74 Å². The van der Waals surface area contributed by atoms with Crippen LogP contribution in [0, 0.1) is 16.0 Å². The number of nitro benzene ring substituents is 1. The van der Waals surface area contributed by atoms with Crippen LogP contribution in [0.3, 0.4) is 0 Å². The Morgan fingerprint density at radius 1 is 1.48 bits per heavy atom. The summed E-state index contributed by atoms with van der Waals surface area (Å²) in [6.45, 7) is 3.79. The van der Waals surface area contributed by atoms with Crippen LogP contribution in [0.1, 0.15) is 57.6 Å². The second-order valence-electron chi connectivity index (χ2n) is 5.84. The van der Waals surface area contributed by atoms with Gasteiger partial charge >= 0.3 is 0 Å². The molecule has 0 radical (unpaired) electrons. The van der Waals surface area contributed by atoms with Crippen LogP contribution in [-0.4, -0.2) is 16.1 Å². The summed E-state index contributed by atoms with van der Waals surface area (Å²) in [7, 11) is 0. The van der Waals surface area contributed by atoms with E-state index in [0.29, 0.717) is 17.2 Å². The first-order valence-corrected chi connectivity index (χ1v) is 7.64. The van der Waals surface area contributed by atoms with Gasteiger partial charge in [0.1, 0.15) is 5.75 Å². The average Bonchev–Trinajstić information content (AvgIpc) is 2.47. The lowest BCUT2D eigenvalue weighted by Crippen LogP contribution is -2.25. The zero-order chi connectivity index (χ0) is 15.4. The molecule has 0 bridgehead atoms. The molecule has 116 valence electrons. The van der Waals surface area contributed by atoms with E-state index in [2.05, 4.69) is 6.92 Å². The largest absolute Gasteiger partial charge is 0.490 e. The highest BCUT2D eigenvalue weighted by atomic mass is 16.6. The molecule has 3 atom stereocenters. The number of hydrogen-bond acceptors (Lipinski definition) is 4. The minimum absolute atomic E-state index is 0.0201. The quantitative estimate of drug-likeness (QED) is 0.658. The van der Waals surface area contributed by atoms with Gasteiger partial charge in [0, 0.05) is 17.7 Å². The van der Waals surface area contributed by atoms with Crippen molar-refractivity contribution in [3.8, 4) is 5.75 Å². The molecule has 2 rings (SSSR count). The Morgan fingerprint density at radius 3 is 2.86 bits per heavy atom. The van der Waals surface area contributed by atoms with Gasteiger partial charge < -0.3 is 9.84 Å². The molecule has 1 aromatic rings. The van der Waals surface area contributed by atoms with Crippen LogP contribution in [-0.2, 0) is 0 Å². The number of non-ortho nitro benzene ring substituents is 1. The topological polar surface area (TPSA) is 72.6 Å². The van der Waals surface area contributed by atoms with E-state index in [1.54, 1.807) is 13.0 Å². The molecule has 5 nitrogen and oxygen atoms in total. The van der Waals surface area contributed by atoms with Gasteiger partial charge in [-0.15, -0.1) is 0 Å². The number of nitro groups is 1. The van der Waals surface area contributed by atoms with Gasteiger partial charge in [-0.3, -0.25) is 10.1 Å². The molecule has 1 saturated carbocycles. The van der Waals surface area contributed by atoms with Crippen molar-refractivity contribution in [2.75, 3.05) is 0 Å². The zero-order valence-electron chi connectivity index (χ0n) is 12.6. The molecule has 0 heterocycles. The number of aliphatic hydroxyl groups excluding tert-OH is 1. The third-order valence-corrected chi connectivity index (χ3v) is 4.26. The van der Waals surface area contributed by atoms with Crippen LogP contribution in [0.5, 0.6) is 5.75 Å². The Balaban J connectivity index is 2.17. The number of ether oxygens (including phenoxy) is 1. The standard InChI is InChI=1S/C16H23NO4/c1-3-12-5-4-6-14(9-12)21-16-8-7-13(17(19)20)10-15(16)11(2)18/h7-8,10-12,14,18H,3-6,9H2,1-2H3/t11-,12?,14?/m1/s1. The number of benzene rings is 1. The fourth-order valence-corrected chi connectivity index (χ4v) is 2.98. The molecule has 5 heteroatoms. The van der Waals surface area contributed by atoms with Gasteiger partial charge in [0.25, 0.3) is 5.69 Å². The lowest BCUT2D eigenvalue weighted by atomic mass is 9.85. The fourth-order valence-electron chi connectivity index (χ4n) is 2.98. The second kappa shape index (κ2) is 6.89. The van der Waals surface area contributed by atoms with Gasteiger partial charge in [-0.1, -0.05) is 19.8 Å². The summed E-state index contributed by atoms with van der Waals surface area (Å²) >= 11 is 0. The molecule has 0 spiro atoms. The van der Waals surface area contributed by atoms with E-state index in [-0.39, 0.29) is 11.8 Å². The van der Waals surface area contributed by atoms with E-state index in [4.69, 9.17) is 4.74 Å². The summed E-state index contributed by atoms with van der Waals surface area (Å²) in [5.74, 6) is 1.26. The number of nitrogens with zero attached hydrogens (tertiary/aromatic N) is 1. The summed E-state index contributed by atoms with van der Waals surface area (Å²) in [5, 5.41) is 20.7. The van der Waals surface area contributed by atoms with Crippen LogP contribution in [0.2, 0.25) is 0 Å². The van der Waals surface area contributed by atoms with E-state index in [0.717, 1.165) is 25.7 Å². The molecule has 1 aromatic carbocycles. The highest BCUT2D eigenvalue weighted by Crippen LogP contribution is 2.34. The van der Waals surface area contributed by atoms with Crippen molar-refractivity contribution in [2.45, 2.75) is 58.2 Å². The molecule has 1 N–H and O–H groups in total. The van der Waals surface area contributed by atoms with Crippen molar-refractivity contribution < 1.29 is 14.8 Å². The first-order chi connectivity index (χ1) is 10.0.